The topological polar surface area (TPSA) is 59.5 Å². The number of hydrogen-bond acceptors (Lipinski definition) is 6. The summed E-state index contributed by atoms with van der Waals surface area (Å²) in [6, 6.07) is 12.0. The maximum Gasteiger partial charge on any atom is 0.125 e. The summed E-state index contributed by atoms with van der Waals surface area (Å²) >= 11 is 0. The van der Waals surface area contributed by atoms with E-state index in [0.717, 1.165) is 57.3 Å². The predicted octanol–water partition coefficient (Wildman–Crippen LogP) is 2.20. The largest absolute Gasteiger partial charge is 0.377 e. The van der Waals surface area contributed by atoms with Crippen molar-refractivity contribution in [3.8, 4) is 0 Å². The molecule has 0 amide bonds. The van der Waals surface area contributed by atoms with E-state index in [9.17, 15) is 0 Å². The molecule has 6 nitrogen and oxygen atoms in total. The summed E-state index contributed by atoms with van der Waals surface area (Å²) in [6.07, 6.45) is 4.67. The summed E-state index contributed by atoms with van der Waals surface area (Å²) in [4.78, 5) is 11.2. The molecule has 1 spiro atoms. The van der Waals surface area contributed by atoms with Crippen LogP contribution in [0.1, 0.15) is 12.1 Å². The first-order valence-corrected chi connectivity index (χ1v) is 9.30. The fourth-order valence-corrected chi connectivity index (χ4v) is 3.84. The molecule has 2 aliphatic heterocycles. The molecule has 2 atom stereocenters. The lowest BCUT2D eigenvalue weighted by Gasteiger charge is -2.31. The van der Waals surface area contributed by atoms with Crippen molar-refractivity contribution in [1.29, 1.82) is 0 Å². The van der Waals surface area contributed by atoms with Gasteiger partial charge < -0.3 is 14.8 Å². The molecule has 2 saturated heterocycles. The number of pyridine rings is 2. The summed E-state index contributed by atoms with van der Waals surface area (Å²) in [5.74, 6) is 1.39. The monoisotopic (exact) mass is 354 g/mol. The molecule has 138 valence electrons. The van der Waals surface area contributed by atoms with E-state index in [1.807, 2.05) is 42.7 Å². The Balaban J connectivity index is 1.34. The van der Waals surface area contributed by atoms with Crippen molar-refractivity contribution in [2.75, 3.05) is 44.8 Å². The molecule has 0 bridgehead atoms. The molecular formula is C20H26N4O2. The van der Waals surface area contributed by atoms with Crippen LogP contribution in [-0.4, -0.2) is 59.9 Å². The number of hydrogen-bond donors (Lipinski definition) is 1. The normalized spacial score (nSPS) is 26.7. The smallest absolute Gasteiger partial charge is 0.125 e. The molecule has 6 heteroatoms. The number of ether oxygens (including phenoxy) is 2. The van der Waals surface area contributed by atoms with E-state index in [0.29, 0.717) is 12.5 Å². The second-order valence-corrected chi connectivity index (χ2v) is 7.24. The Morgan fingerprint density at radius 3 is 2.85 bits per heavy atom. The Hall–Kier alpha value is -2.02. The van der Waals surface area contributed by atoms with Gasteiger partial charge in [-0.15, -0.1) is 0 Å². The quantitative estimate of drug-likeness (QED) is 0.888. The van der Waals surface area contributed by atoms with Crippen LogP contribution in [0.5, 0.6) is 0 Å². The number of aromatic nitrogens is 2. The third-order valence-electron chi connectivity index (χ3n) is 5.06. The molecule has 0 radical (unpaired) electrons. The average molecular weight is 354 g/mol. The highest BCUT2D eigenvalue weighted by Crippen LogP contribution is 2.33. The molecule has 0 saturated carbocycles. The van der Waals surface area contributed by atoms with Crippen molar-refractivity contribution in [2.45, 2.75) is 18.6 Å². The minimum Gasteiger partial charge on any atom is -0.377 e. The van der Waals surface area contributed by atoms with Gasteiger partial charge in [0.15, 0.2) is 0 Å². The molecule has 2 aliphatic rings. The fourth-order valence-electron chi connectivity index (χ4n) is 3.84. The molecule has 2 fully saturated rings. The van der Waals surface area contributed by atoms with Gasteiger partial charge in [0.2, 0.25) is 0 Å². The number of nitrogens with zero attached hydrogens (tertiary/aromatic N) is 3. The highest BCUT2D eigenvalue weighted by atomic mass is 16.5. The summed E-state index contributed by atoms with van der Waals surface area (Å²) in [5, 5.41) is 3.42. The van der Waals surface area contributed by atoms with Crippen LogP contribution >= 0.6 is 0 Å². The molecule has 0 aliphatic carbocycles. The Labute approximate surface area is 154 Å². The van der Waals surface area contributed by atoms with Gasteiger partial charge in [-0.1, -0.05) is 12.1 Å². The molecule has 2 aromatic rings. The summed E-state index contributed by atoms with van der Waals surface area (Å²) < 4.78 is 12.2. The van der Waals surface area contributed by atoms with Gasteiger partial charge >= 0.3 is 0 Å². The molecule has 0 aromatic carbocycles. The van der Waals surface area contributed by atoms with Crippen LogP contribution in [-0.2, 0) is 16.0 Å². The molecule has 26 heavy (non-hydrogen) atoms. The van der Waals surface area contributed by atoms with Crippen molar-refractivity contribution in [3.63, 3.8) is 0 Å². The predicted molar refractivity (Wildman–Crippen MR) is 99.8 cm³/mol. The lowest BCUT2D eigenvalue weighted by molar-refractivity contribution is -0.0563. The van der Waals surface area contributed by atoms with Gasteiger partial charge in [0.25, 0.3) is 0 Å². The Bertz CT molecular complexity index is 685. The highest BCUT2D eigenvalue weighted by Gasteiger charge is 2.43. The standard InChI is InChI=1S/C20H26N4O2/c1-3-7-21-18(5-1)13-24-9-10-25-16-20(15-24)11-17(14-26-20)12-23-19-6-2-4-8-22-19/h1-8,17H,9-16H2,(H,22,23)/t17-,20-/m0/s1. The summed E-state index contributed by atoms with van der Waals surface area (Å²) in [6.45, 7) is 5.70. The third kappa shape index (κ3) is 4.38. The van der Waals surface area contributed by atoms with Gasteiger partial charge in [-0.2, -0.15) is 0 Å². The van der Waals surface area contributed by atoms with Crippen LogP contribution in [0.3, 0.4) is 0 Å². The first-order valence-electron chi connectivity index (χ1n) is 9.30. The maximum atomic E-state index is 6.28. The zero-order chi connectivity index (χ0) is 17.7. The van der Waals surface area contributed by atoms with Gasteiger partial charge in [-0.25, -0.2) is 4.98 Å². The van der Waals surface area contributed by atoms with Gasteiger partial charge in [-0.05, 0) is 30.7 Å². The zero-order valence-electron chi connectivity index (χ0n) is 15.0. The van der Waals surface area contributed by atoms with E-state index in [4.69, 9.17) is 9.47 Å². The van der Waals surface area contributed by atoms with E-state index in [-0.39, 0.29) is 5.60 Å². The van der Waals surface area contributed by atoms with Gasteiger partial charge in [0.1, 0.15) is 11.4 Å². The van der Waals surface area contributed by atoms with Crippen LogP contribution in [0.15, 0.2) is 48.8 Å². The lowest BCUT2D eigenvalue weighted by Crippen LogP contribution is -2.44. The Morgan fingerprint density at radius 1 is 1.15 bits per heavy atom. The van der Waals surface area contributed by atoms with Crippen LogP contribution < -0.4 is 5.32 Å². The highest BCUT2D eigenvalue weighted by molar-refractivity contribution is 5.33. The lowest BCUT2D eigenvalue weighted by atomic mass is 9.94. The molecule has 4 heterocycles. The van der Waals surface area contributed by atoms with Crippen molar-refractivity contribution in [2.24, 2.45) is 5.92 Å². The third-order valence-corrected chi connectivity index (χ3v) is 5.06. The van der Waals surface area contributed by atoms with Gasteiger partial charge in [-0.3, -0.25) is 9.88 Å². The van der Waals surface area contributed by atoms with Crippen LogP contribution in [0.25, 0.3) is 0 Å². The molecular weight excluding hydrogens is 328 g/mol. The minimum absolute atomic E-state index is 0.207. The van der Waals surface area contributed by atoms with Crippen molar-refractivity contribution in [1.82, 2.24) is 14.9 Å². The SMILES string of the molecule is c1ccc(CN2CCOC[C@]3(C[C@@H](CNc4ccccn4)CO3)C2)nc1. The first-order chi connectivity index (χ1) is 12.8. The maximum absolute atomic E-state index is 6.28. The van der Waals surface area contributed by atoms with Crippen molar-refractivity contribution >= 4 is 5.82 Å². The molecule has 1 N–H and O–H groups in total. The first kappa shape index (κ1) is 17.4. The number of rotatable bonds is 5. The van der Waals surface area contributed by atoms with E-state index < -0.39 is 0 Å². The van der Waals surface area contributed by atoms with E-state index >= 15 is 0 Å². The fraction of sp³-hybridized carbons (Fsp3) is 0.500. The second kappa shape index (κ2) is 8.12. The van der Waals surface area contributed by atoms with E-state index in [1.54, 1.807) is 0 Å². The van der Waals surface area contributed by atoms with Gasteiger partial charge in [0, 0.05) is 44.5 Å². The summed E-state index contributed by atoms with van der Waals surface area (Å²) in [7, 11) is 0. The minimum atomic E-state index is -0.207. The van der Waals surface area contributed by atoms with Crippen molar-refractivity contribution in [3.05, 3.63) is 54.5 Å². The number of nitrogens with one attached hydrogen (secondary N) is 1. The second-order valence-electron chi connectivity index (χ2n) is 7.24. The molecule has 4 rings (SSSR count). The zero-order valence-corrected chi connectivity index (χ0v) is 15.0. The van der Waals surface area contributed by atoms with Crippen LogP contribution in [0.2, 0.25) is 0 Å². The molecule has 2 aromatic heterocycles. The average Bonchev–Trinajstić information content (AvgIpc) is 2.97. The van der Waals surface area contributed by atoms with Crippen LogP contribution in [0, 0.1) is 5.92 Å². The van der Waals surface area contributed by atoms with E-state index in [2.05, 4.69) is 26.3 Å². The summed E-state index contributed by atoms with van der Waals surface area (Å²) in [5.41, 5.74) is 0.887. The van der Waals surface area contributed by atoms with Gasteiger partial charge in [0.05, 0.1) is 25.5 Å². The number of anilines is 1. The Morgan fingerprint density at radius 2 is 2.04 bits per heavy atom. The molecule has 0 unspecified atom stereocenters. The van der Waals surface area contributed by atoms with Crippen LogP contribution in [0.4, 0.5) is 5.82 Å². The van der Waals surface area contributed by atoms with Crippen molar-refractivity contribution < 1.29 is 9.47 Å². The Kier molecular flexibility index (Phi) is 5.43. The van der Waals surface area contributed by atoms with E-state index in [1.165, 1.54) is 0 Å².